The molecule has 0 unspecified atom stereocenters. The third-order valence-corrected chi connectivity index (χ3v) is 3.58. The number of hydrazine groups is 1. The summed E-state index contributed by atoms with van der Waals surface area (Å²) in [5.74, 6) is 5.72. The Hall–Kier alpha value is -3.19. The van der Waals surface area contributed by atoms with Crippen molar-refractivity contribution in [3.05, 3.63) is 48.0 Å². The highest BCUT2D eigenvalue weighted by Crippen LogP contribution is 2.30. The van der Waals surface area contributed by atoms with Gasteiger partial charge in [0.25, 0.3) is 0 Å². The lowest BCUT2D eigenvalue weighted by molar-refractivity contribution is 0.0527. The maximum Gasteiger partial charge on any atom is 0.338 e. The molecule has 3 aromatic rings. The second-order valence-electron chi connectivity index (χ2n) is 5.07. The molecule has 7 nitrogen and oxygen atoms in total. The summed E-state index contributed by atoms with van der Waals surface area (Å²) in [5.41, 5.74) is 10.9. The molecular weight excluding hydrogens is 306 g/mol. The van der Waals surface area contributed by atoms with Crippen LogP contribution in [-0.4, -0.2) is 22.5 Å². The predicted octanol–water partition coefficient (Wildman–Crippen LogP) is 2.34. The Bertz CT molecular complexity index is 911. The summed E-state index contributed by atoms with van der Waals surface area (Å²) in [4.78, 5) is 20.4. The van der Waals surface area contributed by atoms with E-state index >= 15 is 0 Å². The monoisotopic (exact) mass is 323 g/mol. The minimum absolute atomic E-state index is 0.134. The van der Waals surface area contributed by atoms with Crippen molar-refractivity contribution in [2.75, 3.05) is 17.8 Å². The number of rotatable bonds is 4. The molecule has 122 valence electrons. The van der Waals surface area contributed by atoms with Crippen LogP contribution < -0.4 is 17.0 Å². The van der Waals surface area contributed by atoms with Crippen LogP contribution in [0.2, 0.25) is 0 Å². The van der Waals surface area contributed by atoms with Gasteiger partial charge in [-0.25, -0.2) is 15.6 Å². The molecule has 1 heterocycles. The normalized spacial score (nSPS) is 10.6. The van der Waals surface area contributed by atoms with Gasteiger partial charge in [-0.05, 0) is 36.2 Å². The average molecular weight is 323 g/mol. The number of carbonyl (C=O) groups excluding carboxylic acids is 1. The van der Waals surface area contributed by atoms with Crippen molar-refractivity contribution in [1.29, 1.82) is 0 Å². The summed E-state index contributed by atoms with van der Waals surface area (Å²) in [6.45, 7) is 2.09. The van der Waals surface area contributed by atoms with Gasteiger partial charge in [0.2, 0.25) is 5.95 Å². The topological polar surface area (TPSA) is 116 Å². The molecule has 0 saturated carbocycles. The van der Waals surface area contributed by atoms with Crippen LogP contribution in [0.25, 0.3) is 22.0 Å². The number of hydrogen-bond acceptors (Lipinski definition) is 7. The second-order valence-corrected chi connectivity index (χ2v) is 5.07. The van der Waals surface area contributed by atoms with E-state index in [9.17, 15) is 4.79 Å². The molecule has 0 radical (unpaired) electrons. The zero-order valence-corrected chi connectivity index (χ0v) is 13.1. The Morgan fingerprint density at radius 2 is 2.00 bits per heavy atom. The summed E-state index contributed by atoms with van der Waals surface area (Å²) >= 11 is 0. The smallest absolute Gasteiger partial charge is 0.338 e. The number of nitrogen functional groups attached to an aromatic ring is 2. The predicted molar refractivity (Wildman–Crippen MR) is 93.2 cm³/mol. The van der Waals surface area contributed by atoms with Gasteiger partial charge in [-0.2, -0.15) is 4.98 Å². The quantitative estimate of drug-likeness (QED) is 0.383. The average Bonchev–Trinajstić information content (AvgIpc) is 2.60. The van der Waals surface area contributed by atoms with Crippen molar-refractivity contribution in [1.82, 2.24) is 9.97 Å². The van der Waals surface area contributed by atoms with Gasteiger partial charge in [-0.1, -0.05) is 24.3 Å². The first kappa shape index (κ1) is 15.7. The second kappa shape index (κ2) is 6.51. The largest absolute Gasteiger partial charge is 0.462 e. The van der Waals surface area contributed by atoms with E-state index in [1.807, 2.05) is 30.3 Å². The summed E-state index contributed by atoms with van der Waals surface area (Å²) in [7, 11) is 0. The number of hydrogen-bond donors (Lipinski definition) is 3. The van der Waals surface area contributed by atoms with Gasteiger partial charge < -0.3 is 15.9 Å². The Labute approximate surface area is 138 Å². The number of anilines is 2. The van der Waals surface area contributed by atoms with Gasteiger partial charge >= 0.3 is 5.97 Å². The van der Waals surface area contributed by atoms with Crippen molar-refractivity contribution < 1.29 is 9.53 Å². The first-order valence-corrected chi connectivity index (χ1v) is 7.44. The lowest BCUT2D eigenvalue weighted by atomic mass is 9.98. The van der Waals surface area contributed by atoms with Crippen LogP contribution in [-0.2, 0) is 4.74 Å². The summed E-state index contributed by atoms with van der Waals surface area (Å²) in [6, 6.07) is 12.8. The molecule has 0 fully saturated rings. The fourth-order valence-corrected chi connectivity index (χ4v) is 2.55. The van der Waals surface area contributed by atoms with Gasteiger partial charge in [0.1, 0.15) is 0 Å². The molecule has 3 rings (SSSR count). The van der Waals surface area contributed by atoms with Crippen LogP contribution in [0.5, 0.6) is 0 Å². The zero-order chi connectivity index (χ0) is 17.1. The number of nitrogens with zero attached hydrogens (tertiary/aromatic N) is 2. The number of carbonyl (C=O) groups is 1. The van der Waals surface area contributed by atoms with E-state index in [2.05, 4.69) is 15.4 Å². The molecular formula is C17H17N5O2. The third-order valence-electron chi connectivity index (χ3n) is 3.58. The van der Waals surface area contributed by atoms with Crippen LogP contribution >= 0.6 is 0 Å². The molecule has 5 N–H and O–H groups in total. The number of fused-ring (bicyclic) bond motifs is 1. The maximum absolute atomic E-state index is 12.2. The Morgan fingerprint density at radius 1 is 1.21 bits per heavy atom. The minimum atomic E-state index is -0.362. The molecule has 0 aliphatic carbocycles. The van der Waals surface area contributed by atoms with Crippen molar-refractivity contribution in [2.45, 2.75) is 6.92 Å². The van der Waals surface area contributed by atoms with E-state index in [1.54, 1.807) is 19.1 Å². The highest BCUT2D eigenvalue weighted by Gasteiger charge is 2.14. The number of benzene rings is 2. The summed E-state index contributed by atoms with van der Waals surface area (Å²) in [5, 5.41) is 0.711. The molecule has 2 aromatic carbocycles. The van der Waals surface area contributed by atoms with Crippen LogP contribution in [0.4, 0.5) is 11.8 Å². The molecule has 0 atom stereocenters. The van der Waals surface area contributed by atoms with Crippen LogP contribution in [0.3, 0.4) is 0 Å². The number of esters is 1. The lowest BCUT2D eigenvalue weighted by Crippen LogP contribution is -2.11. The van der Waals surface area contributed by atoms with E-state index < -0.39 is 0 Å². The summed E-state index contributed by atoms with van der Waals surface area (Å²) < 4.78 is 5.13. The number of nitrogens with two attached hydrogens (primary N) is 2. The number of ether oxygens (including phenoxy) is 1. The number of aromatic nitrogens is 2. The molecule has 0 amide bonds. The Balaban J connectivity index is 2.17. The molecule has 0 aliphatic heterocycles. The highest BCUT2D eigenvalue weighted by molar-refractivity contribution is 6.00. The van der Waals surface area contributed by atoms with Crippen molar-refractivity contribution in [3.8, 4) is 11.1 Å². The van der Waals surface area contributed by atoms with Crippen LogP contribution in [0.1, 0.15) is 17.3 Å². The maximum atomic E-state index is 12.2. The SMILES string of the molecule is CCOC(=O)c1ccccc1-c1ccc2nc(N)nc(NN)c2c1. The molecule has 7 heteroatoms. The number of nitrogens with one attached hydrogen (secondary N) is 1. The van der Waals surface area contributed by atoms with Crippen LogP contribution in [0.15, 0.2) is 42.5 Å². The van der Waals surface area contributed by atoms with Gasteiger partial charge in [-0.15, -0.1) is 0 Å². The van der Waals surface area contributed by atoms with Crippen molar-refractivity contribution >= 4 is 28.6 Å². The first-order valence-electron chi connectivity index (χ1n) is 7.44. The van der Waals surface area contributed by atoms with Gasteiger partial charge in [-0.3, -0.25) is 0 Å². The standard InChI is InChI=1S/C17H17N5O2/c1-2-24-16(23)12-6-4-3-5-11(12)10-7-8-14-13(9-10)15(22-19)21-17(18)20-14/h3-9H,2,19H2,1H3,(H3,18,20,21,22). The van der Waals surface area contributed by atoms with E-state index in [0.29, 0.717) is 28.9 Å². The fourth-order valence-electron chi connectivity index (χ4n) is 2.55. The molecule has 1 aromatic heterocycles. The van der Waals surface area contributed by atoms with Gasteiger partial charge in [0.05, 0.1) is 17.7 Å². The molecule has 0 aliphatic rings. The zero-order valence-electron chi connectivity index (χ0n) is 13.1. The van der Waals surface area contributed by atoms with Gasteiger partial charge in [0, 0.05) is 5.39 Å². The van der Waals surface area contributed by atoms with Gasteiger partial charge in [0.15, 0.2) is 5.82 Å². The van der Waals surface area contributed by atoms with E-state index in [4.69, 9.17) is 16.3 Å². The van der Waals surface area contributed by atoms with E-state index in [1.165, 1.54) is 0 Å². The lowest BCUT2D eigenvalue weighted by Gasteiger charge is -2.11. The van der Waals surface area contributed by atoms with E-state index in [-0.39, 0.29) is 11.9 Å². The van der Waals surface area contributed by atoms with E-state index in [0.717, 1.165) is 11.1 Å². The molecule has 0 saturated heterocycles. The van der Waals surface area contributed by atoms with Crippen LogP contribution in [0, 0.1) is 0 Å². The minimum Gasteiger partial charge on any atom is -0.462 e. The fraction of sp³-hybridized carbons (Fsp3) is 0.118. The third kappa shape index (κ3) is 2.84. The Morgan fingerprint density at radius 3 is 2.75 bits per heavy atom. The molecule has 0 bridgehead atoms. The molecule has 0 spiro atoms. The first-order chi connectivity index (χ1) is 11.6. The Kier molecular flexibility index (Phi) is 4.26. The summed E-state index contributed by atoms with van der Waals surface area (Å²) in [6.07, 6.45) is 0. The van der Waals surface area contributed by atoms with Crippen molar-refractivity contribution in [3.63, 3.8) is 0 Å². The van der Waals surface area contributed by atoms with Crippen molar-refractivity contribution in [2.24, 2.45) is 5.84 Å². The molecule has 24 heavy (non-hydrogen) atoms. The highest BCUT2D eigenvalue weighted by atomic mass is 16.5.